The van der Waals surface area contributed by atoms with Crippen LogP contribution in [0.2, 0.25) is 0 Å². The van der Waals surface area contributed by atoms with Crippen molar-refractivity contribution in [3.05, 3.63) is 145 Å². The number of anilines is 4. The third-order valence-electron chi connectivity index (χ3n) is 9.60. The molecular weight excluding hydrogens is 601 g/mol. The van der Waals surface area contributed by atoms with Crippen molar-refractivity contribution in [3.8, 4) is 17.3 Å². The Kier molecular flexibility index (Phi) is 7.25. The van der Waals surface area contributed by atoms with Gasteiger partial charge in [-0.25, -0.2) is 4.98 Å². The standard InChI is InChI=1S/C44H42N4O/c1-43(2,3)30-24-25-45-42(26-30)48-37-18-9-7-16-34(37)35-23-22-33(28-41(35)48)49-32-15-13-14-31(27-32)46-29-47(40-21-12-11-20-39(40)46)38-19-10-8-17-36(38)44(4,5)6/h7-28H,29H2,1-6H3. The molecule has 0 fully saturated rings. The number of pyridine rings is 1. The number of hydrogen-bond acceptors (Lipinski definition) is 4. The van der Waals surface area contributed by atoms with Crippen molar-refractivity contribution in [1.82, 2.24) is 9.55 Å². The van der Waals surface area contributed by atoms with Crippen LogP contribution in [-0.2, 0) is 10.8 Å². The number of ether oxygens (including phenoxy) is 1. The molecule has 0 saturated heterocycles. The number of para-hydroxylation sites is 4. The average molecular weight is 643 g/mol. The fourth-order valence-corrected chi connectivity index (χ4v) is 7.10. The van der Waals surface area contributed by atoms with Gasteiger partial charge in [0.2, 0.25) is 0 Å². The van der Waals surface area contributed by atoms with Crippen molar-refractivity contribution in [3.63, 3.8) is 0 Å². The van der Waals surface area contributed by atoms with Gasteiger partial charge < -0.3 is 14.5 Å². The van der Waals surface area contributed by atoms with Gasteiger partial charge in [-0.1, -0.05) is 96.1 Å². The maximum atomic E-state index is 6.64. The summed E-state index contributed by atoms with van der Waals surface area (Å²) in [5.74, 6) is 2.48. The summed E-state index contributed by atoms with van der Waals surface area (Å²) in [5, 5.41) is 2.36. The largest absolute Gasteiger partial charge is 0.457 e. The van der Waals surface area contributed by atoms with Crippen LogP contribution in [0.25, 0.3) is 27.6 Å². The summed E-state index contributed by atoms with van der Waals surface area (Å²) in [6, 6.07) is 45.1. The molecule has 8 rings (SSSR count). The molecule has 244 valence electrons. The highest BCUT2D eigenvalue weighted by Gasteiger charge is 2.31. The first-order valence-corrected chi connectivity index (χ1v) is 17.1. The van der Waals surface area contributed by atoms with Crippen LogP contribution in [0, 0.1) is 0 Å². The minimum absolute atomic E-state index is 0.0125. The van der Waals surface area contributed by atoms with Crippen molar-refractivity contribution < 1.29 is 4.74 Å². The molecule has 0 saturated carbocycles. The SMILES string of the molecule is CC(C)(C)c1ccnc(-n2c3ccccc3c3ccc(Oc4cccc(N5CN(c6ccccc6C(C)(C)C)c6ccccc65)c4)cc32)c1. The molecule has 0 amide bonds. The Bertz CT molecular complexity index is 2340. The number of rotatable bonds is 5. The Morgan fingerprint density at radius 1 is 0.551 bits per heavy atom. The van der Waals surface area contributed by atoms with Crippen LogP contribution in [0.4, 0.5) is 22.7 Å². The highest BCUT2D eigenvalue weighted by atomic mass is 16.5. The van der Waals surface area contributed by atoms with Crippen LogP contribution in [0.15, 0.2) is 134 Å². The average Bonchev–Trinajstić information content (AvgIpc) is 3.64. The third kappa shape index (κ3) is 5.49. The second-order valence-corrected chi connectivity index (χ2v) is 15.0. The van der Waals surface area contributed by atoms with E-state index in [4.69, 9.17) is 9.72 Å². The van der Waals surface area contributed by atoms with Crippen LogP contribution in [0.1, 0.15) is 52.7 Å². The van der Waals surface area contributed by atoms with Gasteiger partial charge in [0.25, 0.3) is 0 Å². The molecule has 49 heavy (non-hydrogen) atoms. The fourth-order valence-electron chi connectivity index (χ4n) is 7.10. The predicted octanol–water partition coefficient (Wildman–Crippen LogP) is 11.8. The first-order chi connectivity index (χ1) is 23.6. The molecule has 5 aromatic carbocycles. The van der Waals surface area contributed by atoms with Gasteiger partial charge in [0.05, 0.1) is 22.4 Å². The number of nitrogens with zero attached hydrogens (tertiary/aromatic N) is 4. The highest BCUT2D eigenvalue weighted by Crippen LogP contribution is 2.47. The topological polar surface area (TPSA) is 33.5 Å². The van der Waals surface area contributed by atoms with E-state index < -0.39 is 0 Å². The van der Waals surface area contributed by atoms with Crippen molar-refractivity contribution in [2.24, 2.45) is 0 Å². The van der Waals surface area contributed by atoms with Gasteiger partial charge in [-0.05, 0) is 82.6 Å². The number of aromatic nitrogens is 2. The highest BCUT2D eigenvalue weighted by molar-refractivity contribution is 6.09. The summed E-state index contributed by atoms with van der Waals surface area (Å²) in [7, 11) is 0. The van der Waals surface area contributed by atoms with E-state index in [1.54, 1.807) is 0 Å². The molecule has 5 nitrogen and oxygen atoms in total. The molecular formula is C44H42N4O. The van der Waals surface area contributed by atoms with E-state index >= 15 is 0 Å². The Morgan fingerprint density at radius 3 is 2.00 bits per heavy atom. The van der Waals surface area contributed by atoms with E-state index in [0.29, 0.717) is 6.67 Å². The van der Waals surface area contributed by atoms with Crippen molar-refractivity contribution in [2.75, 3.05) is 16.5 Å². The molecule has 5 heteroatoms. The summed E-state index contributed by atoms with van der Waals surface area (Å²) in [6.45, 7) is 14.3. The molecule has 0 radical (unpaired) electrons. The maximum Gasteiger partial charge on any atom is 0.137 e. The van der Waals surface area contributed by atoms with Gasteiger partial charge in [0.15, 0.2) is 0 Å². The van der Waals surface area contributed by atoms with Crippen molar-refractivity contribution >= 4 is 44.6 Å². The zero-order valence-electron chi connectivity index (χ0n) is 29.1. The van der Waals surface area contributed by atoms with Crippen LogP contribution in [0.3, 0.4) is 0 Å². The summed E-state index contributed by atoms with van der Waals surface area (Å²) in [4.78, 5) is 9.64. The Morgan fingerprint density at radius 2 is 1.22 bits per heavy atom. The molecule has 7 aromatic rings. The Balaban J connectivity index is 1.16. The van der Waals surface area contributed by atoms with Gasteiger partial charge in [-0.15, -0.1) is 0 Å². The summed E-state index contributed by atoms with van der Waals surface area (Å²) >= 11 is 0. The van der Waals surface area contributed by atoms with Gasteiger partial charge in [0, 0.05) is 40.5 Å². The molecule has 0 N–H and O–H groups in total. The quantitative estimate of drug-likeness (QED) is 0.187. The second-order valence-electron chi connectivity index (χ2n) is 15.0. The van der Waals surface area contributed by atoms with E-state index in [1.807, 2.05) is 12.3 Å². The molecule has 1 aliphatic rings. The van der Waals surface area contributed by atoms with Crippen LogP contribution >= 0.6 is 0 Å². The smallest absolute Gasteiger partial charge is 0.137 e. The molecule has 0 bridgehead atoms. The van der Waals surface area contributed by atoms with E-state index in [1.165, 1.54) is 39.0 Å². The van der Waals surface area contributed by atoms with Gasteiger partial charge >= 0.3 is 0 Å². The van der Waals surface area contributed by atoms with Crippen LogP contribution in [0.5, 0.6) is 11.5 Å². The lowest BCUT2D eigenvalue weighted by Crippen LogP contribution is -2.26. The summed E-state index contributed by atoms with van der Waals surface area (Å²) in [5.41, 5.74) is 9.50. The van der Waals surface area contributed by atoms with Crippen LogP contribution in [-0.4, -0.2) is 16.2 Å². The lowest BCUT2D eigenvalue weighted by Gasteiger charge is -2.29. The van der Waals surface area contributed by atoms with Gasteiger partial charge in [0.1, 0.15) is 24.0 Å². The number of fused-ring (bicyclic) bond motifs is 4. The van der Waals surface area contributed by atoms with E-state index in [2.05, 4.69) is 177 Å². The molecule has 0 unspecified atom stereocenters. The monoisotopic (exact) mass is 642 g/mol. The molecule has 1 aliphatic heterocycles. The molecule has 0 atom stereocenters. The Hall–Kier alpha value is -5.55. The summed E-state index contributed by atoms with van der Waals surface area (Å²) < 4.78 is 8.90. The normalized spacial score (nSPS) is 13.3. The minimum Gasteiger partial charge on any atom is -0.457 e. The maximum absolute atomic E-state index is 6.64. The van der Waals surface area contributed by atoms with E-state index in [-0.39, 0.29) is 10.8 Å². The zero-order chi connectivity index (χ0) is 33.9. The van der Waals surface area contributed by atoms with Crippen molar-refractivity contribution in [2.45, 2.75) is 52.4 Å². The minimum atomic E-state index is 0.0125. The van der Waals surface area contributed by atoms with E-state index in [0.717, 1.165) is 34.0 Å². The third-order valence-corrected chi connectivity index (χ3v) is 9.60. The first-order valence-electron chi connectivity index (χ1n) is 17.1. The number of hydrogen-bond donors (Lipinski definition) is 0. The lowest BCUT2D eigenvalue weighted by molar-refractivity contribution is 0.483. The van der Waals surface area contributed by atoms with Crippen molar-refractivity contribution in [1.29, 1.82) is 0 Å². The van der Waals surface area contributed by atoms with Crippen LogP contribution < -0.4 is 14.5 Å². The molecule has 3 heterocycles. The zero-order valence-corrected chi connectivity index (χ0v) is 29.1. The summed E-state index contributed by atoms with van der Waals surface area (Å²) in [6.07, 6.45) is 1.92. The lowest BCUT2D eigenvalue weighted by atomic mass is 9.85. The first kappa shape index (κ1) is 30.8. The molecule has 0 aliphatic carbocycles. The van der Waals surface area contributed by atoms with E-state index in [9.17, 15) is 0 Å². The number of benzene rings is 5. The van der Waals surface area contributed by atoms with Gasteiger partial charge in [-0.3, -0.25) is 4.57 Å². The Labute approximate surface area is 289 Å². The molecule has 0 spiro atoms. The fraction of sp³-hybridized carbons (Fsp3) is 0.205. The van der Waals surface area contributed by atoms with Gasteiger partial charge in [-0.2, -0.15) is 0 Å². The predicted molar refractivity (Wildman–Crippen MR) is 205 cm³/mol. The molecule has 2 aromatic heterocycles. The second kappa shape index (κ2) is 11.6.